The van der Waals surface area contributed by atoms with Crippen molar-refractivity contribution in [1.29, 1.82) is 0 Å². The van der Waals surface area contributed by atoms with Gasteiger partial charge in [0.1, 0.15) is 0 Å². The third-order valence-electron chi connectivity index (χ3n) is 5.70. The Kier molecular flexibility index (Phi) is 6.11. The maximum absolute atomic E-state index is 12.3. The van der Waals surface area contributed by atoms with Crippen molar-refractivity contribution in [2.75, 3.05) is 20.2 Å². The molecule has 0 unspecified atom stereocenters. The van der Waals surface area contributed by atoms with Crippen LogP contribution in [0.1, 0.15) is 59.7 Å². The average Bonchev–Trinajstić information content (AvgIpc) is 2.95. The quantitative estimate of drug-likeness (QED) is 0.553. The number of esters is 1. The van der Waals surface area contributed by atoms with Gasteiger partial charge in [0.25, 0.3) is 17.7 Å². The van der Waals surface area contributed by atoms with E-state index < -0.39 is 17.8 Å². The van der Waals surface area contributed by atoms with Gasteiger partial charge in [0.05, 0.1) is 17.5 Å². The van der Waals surface area contributed by atoms with E-state index in [2.05, 4.69) is 6.92 Å². The summed E-state index contributed by atoms with van der Waals surface area (Å²) in [5.74, 6) is -0.949. The van der Waals surface area contributed by atoms with E-state index in [1.165, 1.54) is 0 Å². The molecule has 1 aliphatic carbocycles. The van der Waals surface area contributed by atoms with Crippen molar-refractivity contribution >= 4 is 23.7 Å². The number of nitrogens with zero attached hydrogens (tertiary/aromatic N) is 2. The predicted octanol–water partition coefficient (Wildman–Crippen LogP) is 2.25. The zero-order valence-corrected chi connectivity index (χ0v) is 16.3. The Hall–Kier alpha value is -2.70. The van der Waals surface area contributed by atoms with E-state index in [0.717, 1.165) is 30.6 Å². The normalized spacial score (nSPS) is 21.4. The van der Waals surface area contributed by atoms with Crippen LogP contribution >= 0.6 is 0 Å². The molecule has 1 aliphatic heterocycles. The van der Waals surface area contributed by atoms with Gasteiger partial charge in [-0.2, -0.15) is 0 Å². The number of carbonyl (C=O) groups is 4. The molecule has 1 heterocycles. The molecule has 0 saturated heterocycles. The van der Waals surface area contributed by atoms with Gasteiger partial charge in [-0.1, -0.05) is 19.1 Å². The summed E-state index contributed by atoms with van der Waals surface area (Å²) in [6.07, 6.45) is 4.00. The van der Waals surface area contributed by atoms with Crippen LogP contribution in [0, 0.1) is 5.92 Å². The van der Waals surface area contributed by atoms with Crippen molar-refractivity contribution in [2.45, 2.75) is 45.1 Å². The van der Waals surface area contributed by atoms with Gasteiger partial charge in [-0.3, -0.25) is 24.1 Å². The van der Waals surface area contributed by atoms with Crippen molar-refractivity contribution < 1.29 is 23.9 Å². The lowest BCUT2D eigenvalue weighted by molar-refractivity contribution is -0.152. The van der Waals surface area contributed by atoms with E-state index in [1.807, 2.05) is 0 Å². The summed E-state index contributed by atoms with van der Waals surface area (Å²) in [5.41, 5.74) is 0.693. The molecule has 0 radical (unpaired) electrons. The number of carbonyl (C=O) groups excluding carboxylic acids is 4. The molecule has 7 nitrogen and oxygen atoms in total. The summed E-state index contributed by atoms with van der Waals surface area (Å²) < 4.78 is 5.06. The van der Waals surface area contributed by atoms with Crippen LogP contribution in [0.15, 0.2) is 24.3 Å². The summed E-state index contributed by atoms with van der Waals surface area (Å²) in [4.78, 5) is 51.5. The van der Waals surface area contributed by atoms with E-state index >= 15 is 0 Å². The van der Waals surface area contributed by atoms with E-state index in [0.29, 0.717) is 17.0 Å². The Morgan fingerprint density at radius 3 is 2.21 bits per heavy atom. The lowest BCUT2D eigenvalue weighted by Crippen LogP contribution is -2.41. The van der Waals surface area contributed by atoms with E-state index in [-0.39, 0.29) is 31.5 Å². The zero-order chi connectivity index (χ0) is 20.3. The Morgan fingerprint density at radius 1 is 1.07 bits per heavy atom. The molecule has 1 aromatic rings. The summed E-state index contributed by atoms with van der Waals surface area (Å²) in [5, 5.41) is 0. The Bertz CT molecular complexity index is 748. The highest BCUT2D eigenvalue weighted by Gasteiger charge is 2.35. The first-order valence-electron chi connectivity index (χ1n) is 9.75. The molecule has 150 valence electrons. The molecule has 0 spiro atoms. The van der Waals surface area contributed by atoms with Gasteiger partial charge in [0.2, 0.25) is 0 Å². The van der Waals surface area contributed by atoms with Crippen LogP contribution in [0.4, 0.5) is 0 Å². The van der Waals surface area contributed by atoms with E-state index in [4.69, 9.17) is 4.74 Å². The highest BCUT2D eigenvalue weighted by molar-refractivity contribution is 6.21. The number of benzene rings is 1. The summed E-state index contributed by atoms with van der Waals surface area (Å²) in [6, 6.07) is 6.76. The van der Waals surface area contributed by atoms with Crippen LogP contribution in [-0.2, 0) is 14.3 Å². The Morgan fingerprint density at radius 2 is 1.64 bits per heavy atom. The standard InChI is InChI=1S/C21H26N2O5/c1-14-7-9-15(10-8-14)22(2)18(24)13-28-19(25)11-12-23-20(26)16-5-3-4-6-17(16)21(23)27/h3-6,14-15H,7-13H2,1-2H3. The van der Waals surface area contributed by atoms with Crippen LogP contribution in [-0.4, -0.2) is 59.7 Å². The molecule has 1 aromatic carbocycles. The largest absolute Gasteiger partial charge is 0.456 e. The summed E-state index contributed by atoms with van der Waals surface area (Å²) in [7, 11) is 1.75. The smallest absolute Gasteiger partial charge is 0.308 e. The number of amides is 3. The van der Waals surface area contributed by atoms with Crippen LogP contribution in [0.2, 0.25) is 0 Å². The highest BCUT2D eigenvalue weighted by Crippen LogP contribution is 2.26. The topological polar surface area (TPSA) is 84.0 Å². The van der Waals surface area contributed by atoms with Gasteiger partial charge >= 0.3 is 5.97 Å². The second kappa shape index (κ2) is 8.54. The van der Waals surface area contributed by atoms with Gasteiger partial charge < -0.3 is 9.64 Å². The number of hydrogen-bond donors (Lipinski definition) is 0. The minimum atomic E-state index is -0.601. The molecule has 0 N–H and O–H groups in total. The third kappa shape index (κ3) is 4.24. The molecule has 2 aliphatic rings. The molecule has 0 atom stereocenters. The number of ether oxygens (including phenoxy) is 1. The van der Waals surface area contributed by atoms with Gasteiger partial charge in [0.15, 0.2) is 6.61 Å². The lowest BCUT2D eigenvalue weighted by atomic mass is 9.87. The highest BCUT2D eigenvalue weighted by atomic mass is 16.5. The number of likely N-dealkylation sites (N-methyl/N-ethyl adjacent to an activating group) is 1. The minimum Gasteiger partial charge on any atom is -0.456 e. The maximum Gasteiger partial charge on any atom is 0.308 e. The Labute approximate surface area is 164 Å². The molecular formula is C21H26N2O5. The molecular weight excluding hydrogens is 360 g/mol. The van der Waals surface area contributed by atoms with Crippen molar-refractivity contribution in [3.8, 4) is 0 Å². The molecule has 3 rings (SSSR count). The van der Waals surface area contributed by atoms with Gasteiger partial charge in [-0.15, -0.1) is 0 Å². The fourth-order valence-electron chi connectivity index (χ4n) is 3.79. The van der Waals surface area contributed by atoms with Crippen LogP contribution in [0.25, 0.3) is 0 Å². The first-order chi connectivity index (χ1) is 13.4. The number of hydrogen-bond acceptors (Lipinski definition) is 5. The summed E-state index contributed by atoms with van der Waals surface area (Å²) in [6.45, 7) is 1.84. The number of fused-ring (bicyclic) bond motifs is 1. The molecule has 0 bridgehead atoms. The predicted molar refractivity (Wildman–Crippen MR) is 102 cm³/mol. The first kappa shape index (κ1) is 20.0. The summed E-state index contributed by atoms with van der Waals surface area (Å²) >= 11 is 0. The second-order valence-electron chi connectivity index (χ2n) is 7.64. The molecule has 1 saturated carbocycles. The third-order valence-corrected chi connectivity index (χ3v) is 5.70. The van der Waals surface area contributed by atoms with E-state index in [1.54, 1.807) is 36.2 Å². The van der Waals surface area contributed by atoms with Gasteiger partial charge in [0, 0.05) is 19.6 Å². The fraction of sp³-hybridized carbons (Fsp3) is 0.524. The second-order valence-corrected chi connectivity index (χ2v) is 7.64. The number of rotatable bonds is 6. The zero-order valence-electron chi connectivity index (χ0n) is 16.3. The van der Waals surface area contributed by atoms with Gasteiger partial charge in [-0.05, 0) is 43.7 Å². The molecule has 3 amide bonds. The van der Waals surface area contributed by atoms with Crippen molar-refractivity contribution in [3.63, 3.8) is 0 Å². The van der Waals surface area contributed by atoms with Crippen molar-refractivity contribution in [2.24, 2.45) is 5.92 Å². The first-order valence-corrected chi connectivity index (χ1v) is 9.75. The van der Waals surface area contributed by atoms with Crippen molar-refractivity contribution in [1.82, 2.24) is 9.80 Å². The monoisotopic (exact) mass is 386 g/mol. The molecule has 28 heavy (non-hydrogen) atoms. The molecule has 1 fully saturated rings. The van der Waals surface area contributed by atoms with Crippen LogP contribution in [0.5, 0.6) is 0 Å². The average molecular weight is 386 g/mol. The molecule has 0 aromatic heterocycles. The van der Waals surface area contributed by atoms with E-state index in [9.17, 15) is 19.2 Å². The minimum absolute atomic E-state index is 0.0598. The van der Waals surface area contributed by atoms with Crippen LogP contribution < -0.4 is 0 Å². The van der Waals surface area contributed by atoms with Gasteiger partial charge in [-0.25, -0.2) is 0 Å². The maximum atomic E-state index is 12.3. The van der Waals surface area contributed by atoms with Crippen molar-refractivity contribution in [3.05, 3.63) is 35.4 Å². The fourth-order valence-corrected chi connectivity index (χ4v) is 3.79. The lowest BCUT2D eigenvalue weighted by Gasteiger charge is -2.33. The Balaban J connectivity index is 1.43. The SMILES string of the molecule is CC1CCC(N(C)C(=O)COC(=O)CCN2C(=O)c3ccccc3C2=O)CC1. The van der Waals surface area contributed by atoms with Crippen LogP contribution in [0.3, 0.4) is 0 Å². The number of imide groups is 1. The molecule has 7 heteroatoms.